The summed E-state index contributed by atoms with van der Waals surface area (Å²) in [6.45, 7) is 0. The molecule has 1 aromatic rings. The summed E-state index contributed by atoms with van der Waals surface area (Å²) in [7, 11) is 0. The third-order valence-corrected chi connectivity index (χ3v) is 1.56. The molecule has 0 aliphatic carbocycles. The van der Waals surface area contributed by atoms with E-state index in [1.807, 2.05) is 0 Å². The second kappa shape index (κ2) is 3.37. The molecule has 0 bridgehead atoms. The Kier molecular flexibility index (Phi) is 2.46. The monoisotopic (exact) mass is 200 g/mol. The maximum atomic E-state index is 10.0. The van der Waals surface area contributed by atoms with Crippen molar-refractivity contribution in [3.63, 3.8) is 0 Å². The first-order valence-corrected chi connectivity index (χ1v) is 4.15. The van der Waals surface area contributed by atoms with Crippen molar-refractivity contribution in [2.24, 2.45) is 0 Å². The molecule has 10 heavy (non-hydrogen) atoms. The number of hydrogen-bond acceptors (Lipinski definition) is 3. The molecule has 52 valence electrons. The van der Waals surface area contributed by atoms with Gasteiger partial charge in [-0.15, -0.1) is 0 Å². The zero-order valence-corrected chi connectivity index (χ0v) is 6.90. The molecule has 0 radical (unpaired) electrons. The standard InChI is InChI=1S/C6H5AsO3/c8-5-2-1-3-6(4-5)10-7-9/h1-4,8H. The van der Waals surface area contributed by atoms with E-state index in [9.17, 15) is 3.74 Å². The Labute approximate surface area is 64.9 Å². The van der Waals surface area contributed by atoms with E-state index in [1.54, 1.807) is 12.1 Å². The van der Waals surface area contributed by atoms with Crippen LogP contribution < -0.4 is 3.73 Å². The molecular weight excluding hydrogens is 195 g/mol. The molecule has 0 aliphatic heterocycles. The van der Waals surface area contributed by atoms with Gasteiger partial charge in [-0.05, 0) is 0 Å². The molecule has 0 saturated carbocycles. The van der Waals surface area contributed by atoms with E-state index in [0.717, 1.165) is 0 Å². The van der Waals surface area contributed by atoms with Gasteiger partial charge in [0.05, 0.1) is 0 Å². The average molecular weight is 200 g/mol. The fourth-order valence-electron chi connectivity index (χ4n) is 0.583. The predicted octanol–water partition coefficient (Wildman–Crippen LogP) is 0.736. The Bertz CT molecular complexity index is 236. The van der Waals surface area contributed by atoms with E-state index < -0.39 is 16.0 Å². The molecular formula is C6H5AsO3. The number of phenolic OH excluding ortho intramolecular Hbond substituents is 1. The molecule has 0 aliphatic rings. The van der Waals surface area contributed by atoms with E-state index >= 15 is 0 Å². The van der Waals surface area contributed by atoms with Gasteiger partial charge in [-0.3, -0.25) is 0 Å². The van der Waals surface area contributed by atoms with Crippen LogP contribution in [0.15, 0.2) is 24.3 Å². The van der Waals surface area contributed by atoms with E-state index in [1.165, 1.54) is 12.1 Å². The predicted molar refractivity (Wildman–Crippen MR) is 35.2 cm³/mol. The molecule has 3 nitrogen and oxygen atoms in total. The van der Waals surface area contributed by atoms with Crippen LogP contribution in [0.4, 0.5) is 0 Å². The van der Waals surface area contributed by atoms with Crippen molar-refractivity contribution in [2.45, 2.75) is 0 Å². The van der Waals surface area contributed by atoms with Crippen molar-refractivity contribution in [3.05, 3.63) is 24.3 Å². The van der Waals surface area contributed by atoms with Crippen molar-refractivity contribution in [1.29, 1.82) is 0 Å². The second-order valence-electron chi connectivity index (χ2n) is 1.66. The summed E-state index contributed by atoms with van der Waals surface area (Å²) in [5.74, 6) is 0.558. The topological polar surface area (TPSA) is 46.5 Å². The second-order valence-corrected chi connectivity index (χ2v) is 2.36. The van der Waals surface area contributed by atoms with Crippen LogP contribution in [0, 0.1) is 0 Å². The normalized spacial score (nSPS) is 9.60. The number of rotatable bonds is 2. The van der Waals surface area contributed by atoms with Crippen LogP contribution in [0.3, 0.4) is 0 Å². The van der Waals surface area contributed by atoms with Crippen LogP contribution in [0.1, 0.15) is 0 Å². The maximum absolute atomic E-state index is 10.0. The van der Waals surface area contributed by atoms with E-state index in [4.69, 9.17) is 5.11 Å². The summed E-state index contributed by atoms with van der Waals surface area (Å²) >= 11 is -1.32. The van der Waals surface area contributed by atoms with Crippen molar-refractivity contribution >= 4 is 16.0 Å². The van der Waals surface area contributed by atoms with Crippen LogP contribution in [-0.2, 0) is 3.74 Å². The molecule has 1 N–H and O–H groups in total. The quantitative estimate of drug-likeness (QED) is 0.716. The Hall–Kier alpha value is -0.822. The zero-order chi connectivity index (χ0) is 7.40. The van der Waals surface area contributed by atoms with Gasteiger partial charge in [0.2, 0.25) is 0 Å². The van der Waals surface area contributed by atoms with Gasteiger partial charge in [-0.25, -0.2) is 0 Å². The van der Waals surface area contributed by atoms with Gasteiger partial charge in [0.1, 0.15) is 0 Å². The van der Waals surface area contributed by atoms with Crippen LogP contribution in [-0.4, -0.2) is 21.1 Å². The molecule has 1 aromatic carbocycles. The van der Waals surface area contributed by atoms with Gasteiger partial charge < -0.3 is 0 Å². The Morgan fingerprint density at radius 2 is 2.30 bits per heavy atom. The summed E-state index contributed by atoms with van der Waals surface area (Å²) in [6, 6.07) is 6.19. The first kappa shape index (κ1) is 7.29. The van der Waals surface area contributed by atoms with Gasteiger partial charge in [-0.1, -0.05) is 0 Å². The summed E-state index contributed by atoms with van der Waals surface area (Å²) in [6.07, 6.45) is 0. The van der Waals surface area contributed by atoms with Crippen LogP contribution in [0.2, 0.25) is 0 Å². The number of hydrogen-bond donors (Lipinski definition) is 1. The summed E-state index contributed by atoms with van der Waals surface area (Å²) in [4.78, 5) is 0. The van der Waals surface area contributed by atoms with Crippen molar-refractivity contribution in [3.8, 4) is 11.5 Å². The zero-order valence-electron chi connectivity index (χ0n) is 5.02. The van der Waals surface area contributed by atoms with Gasteiger partial charge in [0.15, 0.2) is 0 Å². The molecule has 0 spiro atoms. The Balaban J connectivity index is 2.84. The molecule has 0 atom stereocenters. The minimum atomic E-state index is -1.32. The molecule has 0 fully saturated rings. The molecule has 4 heteroatoms. The van der Waals surface area contributed by atoms with E-state index in [-0.39, 0.29) is 5.75 Å². The average Bonchev–Trinajstić information content (AvgIpc) is 1.88. The van der Waals surface area contributed by atoms with Crippen molar-refractivity contribution < 1.29 is 12.6 Å². The van der Waals surface area contributed by atoms with E-state index in [0.29, 0.717) is 5.75 Å². The molecule has 0 aromatic heterocycles. The fourth-order valence-corrected chi connectivity index (χ4v) is 1.00. The van der Waals surface area contributed by atoms with Crippen LogP contribution >= 0.6 is 0 Å². The number of phenols is 1. The van der Waals surface area contributed by atoms with Gasteiger partial charge in [0, 0.05) is 0 Å². The van der Waals surface area contributed by atoms with Crippen molar-refractivity contribution in [2.75, 3.05) is 0 Å². The van der Waals surface area contributed by atoms with E-state index in [2.05, 4.69) is 3.73 Å². The summed E-state index contributed by atoms with van der Waals surface area (Å²) < 4.78 is 14.7. The summed E-state index contributed by atoms with van der Waals surface area (Å²) in [5, 5.41) is 8.87. The first-order chi connectivity index (χ1) is 4.83. The van der Waals surface area contributed by atoms with Gasteiger partial charge in [0.25, 0.3) is 0 Å². The number of aromatic hydroxyl groups is 1. The molecule has 0 unspecified atom stereocenters. The Morgan fingerprint density at radius 3 is 2.90 bits per heavy atom. The van der Waals surface area contributed by atoms with Crippen LogP contribution in [0.5, 0.6) is 11.5 Å². The van der Waals surface area contributed by atoms with Gasteiger partial charge in [-0.2, -0.15) is 0 Å². The van der Waals surface area contributed by atoms with Gasteiger partial charge >= 0.3 is 64.4 Å². The molecule has 0 saturated heterocycles. The SMILES string of the molecule is O=[As]Oc1cccc(O)c1. The molecule has 0 heterocycles. The first-order valence-electron chi connectivity index (χ1n) is 2.61. The molecule has 1 rings (SSSR count). The minimum absolute atomic E-state index is 0.118. The third kappa shape index (κ3) is 1.85. The van der Waals surface area contributed by atoms with Crippen molar-refractivity contribution in [1.82, 2.24) is 0 Å². The van der Waals surface area contributed by atoms with Crippen LogP contribution in [0.25, 0.3) is 0 Å². The molecule has 0 amide bonds. The fraction of sp³-hybridized carbons (Fsp3) is 0. The summed E-state index contributed by atoms with van der Waals surface area (Å²) in [5.41, 5.74) is 0. The third-order valence-electron chi connectivity index (χ3n) is 0.960. The Morgan fingerprint density at radius 1 is 1.50 bits per heavy atom. The number of benzene rings is 1.